The maximum absolute atomic E-state index is 12.0. The Kier molecular flexibility index (Phi) is 7.80. The second-order valence-electron chi connectivity index (χ2n) is 6.53. The molecular formula is C25H24N2O3. The molecule has 0 heterocycles. The zero-order chi connectivity index (χ0) is 21.0. The smallest absolute Gasteiger partial charge is 0.277 e. The van der Waals surface area contributed by atoms with E-state index < -0.39 is 0 Å². The van der Waals surface area contributed by atoms with Gasteiger partial charge in [0.1, 0.15) is 18.1 Å². The molecule has 0 fully saturated rings. The summed E-state index contributed by atoms with van der Waals surface area (Å²) in [5.41, 5.74) is 5.41. The van der Waals surface area contributed by atoms with Crippen LogP contribution < -0.4 is 14.9 Å². The first-order valence-electron chi connectivity index (χ1n) is 9.65. The van der Waals surface area contributed by atoms with Crippen molar-refractivity contribution in [1.82, 2.24) is 5.43 Å². The Morgan fingerprint density at radius 2 is 1.67 bits per heavy atom. The maximum Gasteiger partial charge on any atom is 0.277 e. The van der Waals surface area contributed by atoms with Gasteiger partial charge in [0.05, 0.1) is 6.21 Å². The predicted octanol–water partition coefficient (Wildman–Crippen LogP) is 4.52. The highest BCUT2D eigenvalue weighted by Gasteiger charge is 2.05. The van der Waals surface area contributed by atoms with Crippen LogP contribution in [0.3, 0.4) is 0 Å². The van der Waals surface area contributed by atoms with Crippen molar-refractivity contribution in [3.8, 4) is 11.5 Å². The van der Waals surface area contributed by atoms with Gasteiger partial charge in [-0.2, -0.15) is 5.10 Å². The number of rotatable bonds is 10. The second kappa shape index (κ2) is 11.2. The monoisotopic (exact) mass is 400 g/mol. The average Bonchev–Trinajstić information content (AvgIpc) is 2.79. The zero-order valence-electron chi connectivity index (χ0n) is 16.7. The highest BCUT2D eigenvalue weighted by Crippen LogP contribution is 2.18. The van der Waals surface area contributed by atoms with Crippen molar-refractivity contribution in [2.24, 2.45) is 5.10 Å². The van der Waals surface area contributed by atoms with Gasteiger partial charge in [0.25, 0.3) is 5.91 Å². The number of hydrogen-bond acceptors (Lipinski definition) is 4. The summed E-state index contributed by atoms with van der Waals surface area (Å²) < 4.78 is 11.3. The molecule has 0 saturated heterocycles. The zero-order valence-corrected chi connectivity index (χ0v) is 16.7. The minimum absolute atomic E-state index is 0.113. The number of amides is 1. The summed E-state index contributed by atoms with van der Waals surface area (Å²) in [6.07, 6.45) is 4.05. The van der Waals surface area contributed by atoms with Crippen molar-refractivity contribution in [1.29, 1.82) is 0 Å². The molecule has 0 radical (unpaired) electrons. The van der Waals surface area contributed by atoms with Gasteiger partial charge in [0.15, 0.2) is 6.61 Å². The van der Waals surface area contributed by atoms with E-state index >= 15 is 0 Å². The van der Waals surface area contributed by atoms with Crippen molar-refractivity contribution in [3.05, 3.63) is 108 Å². The molecule has 152 valence electrons. The van der Waals surface area contributed by atoms with Crippen LogP contribution in [0.1, 0.15) is 16.7 Å². The van der Waals surface area contributed by atoms with Crippen molar-refractivity contribution in [2.45, 2.75) is 13.0 Å². The van der Waals surface area contributed by atoms with Gasteiger partial charge in [-0.3, -0.25) is 4.79 Å². The molecule has 0 aromatic heterocycles. The molecule has 0 unspecified atom stereocenters. The molecule has 0 aliphatic heterocycles. The minimum atomic E-state index is -0.331. The first kappa shape index (κ1) is 20.9. The van der Waals surface area contributed by atoms with Crippen molar-refractivity contribution < 1.29 is 14.3 Å². The lowest BCUT2D eigenvalue weighted by Gasteiger charge is -2.09. The fraction of sp³-hybridized carbons (Fsp3) is 0.120. The normalized spacial score (nSPS) is 10.5. The molecule has 0 aliphatic carbocycles. The van der Waals surface area contributed by atoms with E-state index in [0.717, 1.165) is 22.4 Å². The number of nitrogens with one attached hydrogen (secondary N) is 1. The Bertz CT molecular complexity index is 983. The Labute approximate surface area is 176 Å². The molecular weight excluding hydrogens is 376 g/mol. The van der Waals surface area contributed by atoms with Gasteiger partial charge >= 0.3 is 0 Å². The number of benzene rings is 3. The van der Waals surface area contributed by atoms with Gasteiger partial charge in [-0.05, 0) is 53.4 Å². The van der Waals surface area contributed by atoms with E-state index in [1.165, 1.54) is 0 Å². The van der Waals surface area contributed by atoms with E-state index in [2.05, 4.69) is 17.1 Å². The number of carbonyl (C=O) groups excluding carboxylic acids is 1. The molecule has 5 nitrogen and oxygen atoms in total. The third-order valence-electron chi connectivity index (χ3n) is 4.23. The molecule has 3 rings (SSSR count). The number of nitrogens with zero attached hydrogens (tertiary/aromatic N) is 1. The Hall–Kier alpha value is -3.86. The van der Waals surface area contributed by atoms with Gasteiger partial charge in [-0.1, -0.05) is 54.6 Å². The number of para-hydroxylation sites is 1. The number of carbonyl (C=O) groups is 1. The Balaban J connectivity index is 1.43. The fourth-order valence-corrected chi connectivity index (χ4v) is 2.71. The van der Waals surface area contributed by atoms with Crippen molar-refractivity contribution in [2.75, 3.05) is 6.61 Å². The first-order chi connectivity index (χ1) is 14.7. The summed E-state index contributed by atoms with van der Waals surface area (Å²) in [6, 6.07) is 25.0. The third kappa shape index (κ3) is 6.63. The third-order valence-corrected chi connectivity index (χ3v) is 4.23. The highest BCUT2D eigenvalue weighted by atomic mass is 16.5. The van der Waals surface area contributed by atoms with E-state index in [9.17, 15) is 4.79 Å². The van der Waals surface area contributed by atoms with Crippen LogP contribution in [0, 0.1) is 0 Å². The molecule has 1 amide bonds. The van der Waals surface area contributed by atoms with Crippen LogP contribution in [-0.2, 0) is 17.8 Å². The molecule has 0 saturated carbocycles. The van der Waals surface area contributed by atoms with Crippen LogP contribution in [0.15, 0.2) is 96.6 Å². The fourth-order valence-electron chi connectivity index (χ4n) is 2.71. The minimum Gasteiger partial charge on any atom is -0.489 e. The molecule has 0 bridgehead atoms. The summed E-state index contributed by atoms with van der Waals surface area (Å²) >= 11 is 0. The van der Waals surface area contributed by atoms with Crippen molar-refractivity contribution in [3.63, 3.8) is 0 Å². The van der Waals surface area contributed by atoms with Crippen LogP contribution in [0.4, 0.5) is 0 Å². The molecule has 5 heteroatoms. The topological polar surface area (TPSA) is 59.9 Å². The van der Waals surface area contributed by atoms with E-state index in [0.29, 0.717) is 18.8 Å². The summed E-state index contributed by atoms with van der Waals surface area (Å²) in [6.45, 7) is 4.13. The lowest BCUT2D eigenvalue weighted by Crippen LogP contribution is -2.24. The van der Waals surface area contributed by atoms with Gasteiger partial charge in [-0.25, -0.2) is 5.43 Å². The Morgan fingerprint density at radius 1 is 0.933 bits per heavy atom. The Morgan fingerprint density at radius 3 is 2.43 bits per heavy atom. The van der Waals surface area contributed by atoms with Crippen LogP contribution in [0.25, 0.3) is 0 Å². The first-order valence-corrected chi connectivity index (χ1v) is 9.65. The molecule has 0 atom stereocenters. The molecule has 30 heavy (non-hydrogen) atoms. The molecule has 1 N–H and O–H groups in total. The molecule has 0 spiro atoms. The maximum atomic E-state index is 12.0. The van der Waals surface area contributed by atoms with Gasteiger partial charge < -0.3 is 9.47 Å². The summed E-state index contributed by atoms with van der Waals surface area (Å²) in [4.78, 5) is 12.0. The van der Waals surface area contributed by atoms with E-state index in [1.54, 1.807) is 12.3 Å². The largest absolute Gasteiger partial charge is 0.489 e. The van der Waals surface area contributed by atoms with Crippen LogP contribution in [0.5, 0.6) is 11.5 Å². The van der Waals surface area contributed by atoms with E-state index in [4.69, 9.17) is 9.47 Å². The SMILES string of the molecule is C=CCc1ccccc1OCC(=O)NN=Cc1ccc(OCc2ccccc2)cc1. The lowest BCUT2D eigenvalue weighted by molar-refractivity contribution is -0.123. The van der Waals surface area contributed by atoms with Crippen LogP contribution in [0.2, 0.25) is 0 Å². The standard InChI is InChI=1S/C25H24N2O3/c1-2-8-22-11-6-7-12-24(22)30-19-25(28)27-26-17-20-13-15-23(16-14-20)29-18-21-9-4-3-5-10-21/h2-7,9-17H,1,8,18-19H2,(H,27,28). The number of hydrogen-bond donors (Lipinski definition) is 1. The van der Waals surface area contributed by atoms with Crippen molar-refractivity contribution >= 4 is 12.1 Å². The van der Waals surface area contributed by atoms with E-state index in [1.807, 2.05) is 78.9 Å². The second-order valence-corrected chi connectivity index (χ2v) is 6.53. The summed E-state index contributed by atoms with van der Waals surface area (Å²) in [5, 5.41) is 3.97. The average molecular weight is 400 g/mol. The highest BCUT2D eigenvalue weighted by molar-refractivity contribution is 5.83. The predicted molar refractivity (Wildman–Crippen MR) is 119 cm³/mol. The number of hydrazone groups is 1. The van der Waals surface area contributed by atoms with Crippen LogP contribution in [-0.4, -0.2) is 18.7 Å². The van der Waals surface area contributed by atoms with Gasteiger partial charge in [-0.15, -0.1) is 6.58 Å². The number of allylic oxidation sites excluding steroid dienone is 1. The van der Waals surface area contributed by atoms with Gasteiger partial charge in [0.2, 0.25) is 0 Å². The molecule has 3 aromatic rings. The van der Waals surface area contributed by atoms with Crippen LogP contribution >= 0.6 is 0 Å². The summed E-state index contributed by atoms with van der Waals surface area (Å²) in [7, 11) is 0. The van der Waals surface area contributed by atoms with Gasteiger partial charge in [0, 0.05) is 0 Å². The lowest BCUT2D eigenvalue weighted by atomic mass is 10.1. The summed E-state index contributed by atoms with van der Waals surface area (Å²) in [5.74, 6) is 1.11. The number of ether oxygens (including phenoxy) is 2. The molecule has 0 aliphatic rings. The quantitative estimate of drug-likeness (QED) is 0.309. The van der Waals surface area contributed by atoms with E-state index in [-0.39, 0.29) is 12.5 Å². The molecule has 3 aromatic carbocycles.